The zero-order valence-electron chi connectivity index (χ0n) is 23.2. The van der Waals surface area contributed by atoms with Gasteiger partial charge in [0.15, 0.2) is 5.78 Å². The summed E-state index contributed by atoms with van der Waals surface area (Å²) in [4.78, 5) is 13.1. The van der Waals surface area contributed by atoms with E-state index in [0.717, 1.165) is 18.4 Å². The Morgan fingerprint density at radius 1 is 1.14 bits per heavy atom. The second-order valence-electron chi connectivity index (χ2n) is 12.2. The average Bonchev–Trinajstić information content (AvgIpc) is 3.06. The van der Waals surface area contributed by atoms with Gasteiger partial charge in [-0.15, -0.1) is 0 Å². The van der Waals surface area contributed by atoms with Crippen molar-refractivity contribution in [3.63, 3.8) is 0 Å². The molecule has 0 N–H and O–H groups in total. The smallest absolute Gasteiger partial charge is 0.160 e. The predicted molar refractivity (Wildman–Crippen MR) is 163 cm³/mol. The quantitative estimate of drug-likeness (QED) is 0.175. The van der Waals surface area contributed by atoms with Gasteiger partial charge in [-0.25, -0.2) is 0 Å². The number of Topliss-reactive ketones (excluding diaryl/α,β-unsaturated/α-hetero) is 1. The Balaban J connectivity index is 2.22. The van der Waals surface area contributed by atoms with Gasteiger partial charge in [0.2, 0.25) is 0 Å². The van der Waals surface area contributed by atoms with E-state index < -0.39 is 8.07 Å². The largest absolute Gasteiger partial charge is 0.369 e. The maximum Gasteiger partial charge on any atom is 0.160 e. The van der Waals surface area contributed by atoms with Crippen LogP contribution in [0.5, 0.6) is 0 Å². The monoisotopic (exact) mass is 606 g/mol. The van der Waals surface area contributed by atoms with Crippen molar-refractivity contribution in [3.8, 4) is 0 Å². The molecule has 0 saturated heterocycles. The fraction of sp³-hybridized carbons (Fsp3) is 0.581. The highest BCUT2D eigenvalue weighted by atomic mass is 127. The van der Waals surface area contributed by atoms with E-state index in [1.54, 1.807) is 0 Å². The van der Waals surface area contributed by atoms with Crippen LogP contribution in [0, 0.1) is 17.8 Å². The van der Waals surface area contributed by atoms with E-state index in [9.17, 15) is 4.79 Å². The Bertz CT molecular complexity index is 908. The summed E-state index contributed by atoms with van der Waals surface area (Å²) in [6.07, 6.45) is 9.35. The SMILES string of the molecule is C[C@H](/C=C/I)C[C@@H](/C=C/C1=C([C@@H](C)CC[Si](C)(C)C(C)(C)C)C(=O)C[C@@H]1C)OCc1ccccc1. The first kappa shape index (κ1) is 30.2. The highest BCUT2D eigenvalue weighted by molar-refractivity contribution is 14.1. The van der Waals surface area contributed by atoms with Gasteiger partial charge in [0, 0.05) is 12.0 Å². The van der Waals surface area contributed by atoms with Crippen molar-refractivity contribution in [3.05, 3.63) is 69.4 Å². The van der Waals surface area contributed by atoms with Crippen molar-refractivity contribution < 1.29 is 9.53 Å². The Morgan fingerprint density at radius 3 is 2.40 bits per heavy atom. The predicted octanol–water partition coefficient (Wildman–Crippen LogP) is 9.54. The molecule has 4 heteroatoms. The first-order valence-corrected chi connectivity index (χ1v) is 17.7. The van der Waals surface area contributed by atoms with Crippen molar-refractivity contribution in [1.29, 1.82) is 0 Å². The number of carbonyl (C=O) groups is 1. The summed E-state index contributed by atoms with van der Waals surface area (Å²) in [6, 6.07) is 11.6. The zero-order chi connectivity index (χ0) is 26.2. The molecule has 0 heterocycles. The number of ether oxygens (including phenoxy) is 1. The molecule has 0 unspecified atom stereocenters. The first-order valence-electron chi connectivity index (χ1n) is 13.2. The van der Waals surface area contributed by atoms with Gasteiger partial charge in [0.1, 0.15) is 0 Å². The third-order valence-electron chi connectivity index (χ3n) is 8.16. The van der Waals surface area contributed by atoms with Crippen LogP contribution in [0.4, 0.5) is 0 Å². The molecular weight excluding hydrogens is 559 g/mol. The van der Waals surface area contributed by atoms with E-state index in [1.165, 1.54) is 17.2 Å². The molecule has 1 aliphatic rings. The number of hydrogen-bond acceptors (Lipinski definition) is 2. The Labute approximate surface area is 229 Å². The molecule has 0 amide bonds. The molecule has 0 saturated carbocycles. The van der Waals surface area contributed by atoms with E-state index in [0.29, 0.717) is 35.7 Å². The van der Waals surface area contributed by atoms with Gasteiger partial charge in [-0.1, -0.05) is 132 Å². The van der Waals surface area contributed by atoms with Gasteiger partial charge in [0.25, 0.3) is 0 Å². The number of benzene rings is 1. The van der Waals surface area contributed by atoms with Crippen LogP contribution in [0.2, 0.25) is 24.2 Å². The van der Waals surface area contributed by atoms with Gasteiger partial charge in [-0.2, -0.15) is 0 Å². The van der Waals surface area contributed by atoms with Crippen LogP contribution >= 0.6 is 22.6 Å². The van der Waals surface area contributed by atoms with Crippen LogP contribution in [0.15, 0.2) is 63.8 Å². The molecule has 4 atom stereocenters. The van der Waals surface area contributed by atoms with Crippen molar-refractivity contribution in [2.75, 3.05) is 0 Å². The van der Waals surface area contributed by atoms with E-state index in [1.807, 2.05) is 6.07 Å². The Hall–Kier alpha value is -0.983. The van der Waals surface area contributed by atoms with Crippen LogP contribution in [0.1, 0.15) is 66.4 Å². The van der Waals surface area contributed by atoms with Crippen molar-refractivity contribution in [2.45, 2.75) is 97.7 Å². The van der Waals surface area contributed by atoms with Gasteiger partial charge < -0.3 is 4.74 Å². The standard InChI is InChI=1S/C31H47IO2Si/c1-23(16-18-32)20-27(34-22-26-12-10-9-11-13-26)14-15-28-25(3)21-29(33)30(28)24(2)17-19-35(7,8)31(4,5)6/h9-16,18,23-25,27H,17,19-22H2,1-8H3/b15-14+,18-16+/t23-,24+,25+,27-/m1/s1. The topological polar surface area (TPSA) is 26.3 Å². The minimum Gasteiger partial charge on any atom is -0.369 e. The van der Waals surface area contributed by atoms with Gasteiger partial charge in [0.05, 0.1) is 20.8 Å². The van der Waals surface area contributed by atoms with Crippen LogP contribution in [0.3, 0.4) is 0 Å². The fourth-order valence-electron chi connectivity index (χ4n) is 4.59. The summed E-state index contributed by atoms with van der Waals surface area (Å²) in [6.45, 7) is 19.4. The minimum atomic E-state index is -1.36. The van der Waals surface area contributed by atoms with Crippen LogP contribution in [0.25, 0.3) is 0 Å². The third kappa shape index (κ3) is 9.12. The molecule has 0 radical (unpaired) electrons. The summed E-state index contributed by atoms with van der Waals surface area (Å²) in [5.74, 6) is 1.37. The van der Waals surface area contributed by atoms with Gasteiger partial charge in [-0.3, -0.25) is 4.79 Å². The number of carbonyl (C=O) groups excluding carboxylic acids is 1. The van der Waals surface area contributed by atoms with E-state index in [2.05, 4.69) is 124 Å². The lowest BCUT2D eigenvalue weighted by molar-refractivity contribution is -0.115. The zero-order valence-corrected chi connectivity index (χ0v) is 26.4. The fourth-order valence-corrected chi connectivity index (χ4v) is 7.21. The Kier molecular flexibility index (Phi) is 11.7. The third-order valence-corrected chi connectivity index (χ3v) is 14.2. The van der Waals surface area contributed by atoms with Gasteiger partial charge in [-0.05, 0) is 50.9 Å². The number of rotatable bonds is 12. The summed E-state index contributed by atoms with van der Waals surface area (Å²) in [5.41, 5.74) is 3.50. The van der Waals surface area contributed by atoms with Crippen LogP contribution in [-0.4, -0.2) is 20.0 Å². The summed E-state index contributed by atoms with van der Waals surface area (Å²) in [7, 11) is -1.36. The second kappa shape index (κ2) is 13.5. The molecular formula is C31H47IO2Si. The molecule has 2 nitrogen and oxygen atoms in total. The van der Waals surface area contributed by atoms with Crippen molar-refractivity contribution in [1.82, 2.24) is 0 Å². The summed E-state index contributed by atoms with van der Waals surface area (Å²) < 4.78 is 8.45. The lowest BCUT2D eigenvalue weighted by atomic mass is 9.92. The second-order valence-corrected chi connectivity index (χ2v) is 18.7. The number of halogens is 1. The van der Waals surface area contributed by atoms with Crippen LogP contribution < -0.4 is 0 Å². The average molecular weight is 607 g/mol. The first-order chi connectivity index (χ1) is 16.4. The number of allylic oxidation sites excluding steroid dienone is 4. The van der Waals surface area contributed by atoms with E-state index >= 15 is 0 Å². The molecule has 0 spiro atoms. The minimum absolute atomic E-state index is 0.0111. The van der Waals surface area contributed by atoms with Crippen molar-refractivity contribution in [2.24, 2.45) is 17.8 Å². The lowest BCUT2D eigenvalue weighted by Crippen LogP contribution is -2.37. The normalized spacial score (nSPS) is 20.3. The number of ketones is 1. The highest BCUT2D eigenvalue weighted by Crippen LogP contribution is 2.42. The molecule has 0 aliphatic heterocycles. The Morgan fingerprint density at radius 2 is 1.80 bits per heavy atom. The summed E-state index contributed by atoms with van der Waals surface area (Å²) >= 11 is 2.28. The molecule has 2 rings (SSSR count). The molecule has 1 aliphatic carbocycles. The van der Waals surface area contributed by atoms with E-state index in [-0.39, 0.29) is 12.0 Å². The highest BCUT2D eigenvalue weighted by Gasteiger charge is 2.37. The molecule has 0 bridgehead atoms. The lowest BCUT2D eigenvalue weighted by Gasteiger charge is -2.37. The van der Waals surface area contributed by atoms with Crippen LogP contribution in [-0.2, 0) is 16.1 Å². The van der Waals surface area contributed by atoms with Gasteiger partial charge >= 0.3 is 0 Å². The molecule has 0 aromatic heterocycles. The number of hydrogen-bond donors (Lipinski definition) is 0. The maximum atomic E-state index is 13.1. The van der Waals surface area contributed by atoms with Crippen molar-refractivity contribution >= 4 is 36.4 Å². The maximum absolute atomic E-state index is 13.1. The van der Waals surface area contributed by atoms with E-state index in [4.69, 9.17) is 4.74 Å². The molecule has 35 heavy (non-hydrogen) atoms. The summed E-state index contributed by atoms with van der Waals surface area (Å²) in [5, 5.41) is 0.378. The molecule has 1 aromatic rings. The molecule has 1 aromatic carbocycles. The molecule has 194 valence electrons. The molecule has 0 fully saturated rings.